The van der Waals surface area contributed by atoms with E-state index in [4.69, 9.17) is 22.1 Å². The van der Waals surface area contributed by atoms with E-state index in [9.17, 15) is 0 Å². The second-order valence-corrected chi connectivity index (χ2v) is 6.47. The Balaban J connectivity index is 2.19. The van der Waals surface area contributed by atoms with Gasteiger partial charge in [0.25, 0.3) is 0 Å². The molecule has 4 nitrogen and oxygen atoms in total. The largest absolute Gasteiger partial charge is 0.488 e. The van der Waals surface area contributed by atoms with E-state index < -0.39 is 0 Å². The number of hydrogen-bond acceptors (Lipinski definition) is 3. The lowest BCUT2D eigenvalue weighted by Gasteiger charge is -2.13. The minimum atomic E-state index is 0.0744. The van der Waals surface area contributed by atoms with Crippen LogP contribution in [-0.4, -0.2) is 15.8 Å². The lowest BCUT2D eigenvalue weighted by molar-refractivity contribution is 0.301. The second-order valence-electron chi connectivity index (χ2n) is 5.20. The standard InChI is InChI=1S/C15H19BrClN3O/c1-9(18)6-11-7-12(16)4-5-14(11)21-8-13-10(2)19-20(3)15(13)17/h4-5,7,9H,6,8,18H2,1-3H3. The molecule has 21 heavy (non-hydrogen) atoms. The first kappa shape index (κ1) is 16.3. The molecule has 1 unspecified atom stereocenters. The maximum atomic E-state index is 6.22. The van der Waals surface area contributed by atoms with E-state index in [2.05, 4.69) is 21.0 Å². The van der Waals surface area contributed by atoms with Crippen molar-refractivity contribution in [2.75, 3.05) is 0 Å². The zero-order valence-corrected chi connectivity index (χ0v) is 14.7. The highest BCUT2D eigenvalue weighted by Gasteiger charge is 2.13. The maximum Gasteiger partial charge on any atom is 0.133 e. The normalized spacial score (nSPS) is 12.5. The van der Waals surface area contributed by atoms with Crippen LogP contribution in [0.25, 0.3) is 0 Å². The summed E-state index contributed by atoms with van der Waals surface area (Å²) in [7, 11) is 1.82. The summed E-state index contributed by atoms with van der Waals surface area (Å²) in [5.74, 6) is 0.829. The van der Waals surface area contributed by atoms with E-state index >= 15 is 0 Å². The monoisotopic (exact) mass is 371 g/mol. The van der Waals surface area contributed by atoms with Crippen molar-refractivity contribution in [2.24, 2.45) is 12.8 Å². The lowest BCUT2D eigenvalue weighted by Crippen LogP contribution is -2.18. The second kappa shape index (κ2) is 6.81. The Morgan fingerprint density at radius 2 is 2.19 bits per heavy atom. The van der Waals surface area contributed by atoms with Crippen molar-refractivity contribution in [1.29, 1.82) is 0 Å². The molecule has 0 amide bonds. The van der Waals surface area contributed by atoms with Gasteiger partial charge in [-0.3, -0.25) is 4.68 Å². The number of halogens is 2. The van der Waals surface area contributed by atoms with Gasteiger partial charge < -0.3 is 10.5 Å². The highest BCUT2D eigenvalue weighted by molar-refractivity contribution is 9.10. The third-order valence-corrected chi connectivity index (χ3v) is 4.17. The third-order valence-electron chi connectivity index (χ3n) is 3.21. The van der Waals surface area contributed by atoms with Gasteiger partial charge in [0.1, 0.15) is 17.5 Å². The Morgan fingerprint density at radius 1 is 1.48 bits per heavy atom. The van der Waals surface area contributed by atoms with Crippen LogP contribution in [0.3, 0.4) is 0 Å². The van der Waals surface area contributed by atoms with Crippen LogP contribution in [0, 0.1) is 6.92 Å². The maximum absolute atomic E-state index is 6.22. The summed E-state index contributed by atoms with van der Waals surface area (Å²) in [4.78, 5) is 0. The van der Waals surface area contributed by atoms with Crippen LogP contribution in [0.2, 0.25) is 5.15 Å². The molecule has 1 heterocycles. The van der Waals surface area contributed by atoms with Crippen molar-refractivity contribution >= 4 is 27.5 Å². The summed E-state index contributed by atoms with van der Waals surface area (Å²) in [6, 6.07) is 6.01. The lowest BCUT2D eigenvalue weighted by atomic mass is 10.1. The molecule has 0 aliphatic rings. The predicted molar refractivity (Wildman–Crippen MR) is 88.8 cm³/mol. The van der Waals surface area contributed by atoms with Crippen LogP contribution in [0.1, 0.15) is 23.7 Å². The highest BCUT2D eigenvalue weighted by Crippen LogP contribution is 2.27. The van der Waals surface area contributed by atoms with Gasteiger partial charge in [0.05, 0.1) is 5.69 Å². The average molecular weight is 373 g/mol. The number of hydrogen-bond donors (Lipinski definition) is 1. The molecule has 0 aliphatic heterocycles. The Morgan fingerprint density at radius 3 is 2.76 bits per heavy atom. The van der Waals surface area contributed by atoms with Crippen molar-refractivity contribution in [3.8, 4) is 5.75 Å². The van der Waals surface area contributed by atoms with E-state index in [1.165, 1.54) is 0 Å². The molecule has 0 spiro atoms. The molecule has 114 valence electrons. The zero-order chi connectivity index (χ0) is 15.6. The Kier molecular flexibility index (Phi) is 5.30. The van der Waals surface area contributed by atoms with E-state index in [1.807, 2.05) is 39.1 Å². The molecule has 6 heteroatoms. The first-order valence-corrected chi connectivity index (χ1v) is 7.90. The summed E-state index contributed by atoms with van der Waals surface area (Å²) < 4.78 is 8.61. The van der Waals surface area contributed by atoms with Crippen LogP contribution >= 0.6 is 27.5 Å². The fourth-order valence-corrected chi connectivity index (χ4v) is 2.82. The SMILES string of the molecule is Cc1nn(C)c(Cl)c1COc1ccc(Br)cc1CC(C)N. The summed E-state index contributed by atoms with van der Waals surface area (Å²) in [6.45, 7) is 4.30. The zero-order valence-electron chi connectivity index (χ0n) is 12.4. The van der Waals surface area contributed by atoms with Crippen LogP contribution in [-0.2, 0) is 20.1 Å². The fourth-order valence-electron chi connectivity index (χ4n) is 2.18. The molecule has 1 aromatic carbocycles. The van der Waals surface area contributed by atoms with Gasteiger partial charge in [-0.2, -0.15) is 5.10 Å². The van der Waals surface area contributed by atoms with Gasteiger partial charge in [-0.1, -0.05) is 27.5 Å². The van der Waals surface area contributed by atoms with Gasteiger partial charge in [0, 0.05) is 23.1 Å². The Hall–Kier alpha value is -1.04. The Labute approximate surface area is 138 Å². The van der Waals surface area contributed by atoms with Gasteiger partial charge in [-0.05, 0) is 44.0 Å². The highest BCUT2D eigenvalue weighted by atomic mass is 79.9. The van der Waals surface area contributed by atoms with Crippen molar-refractivity contribution in [3.05, 3.63) is 44.6 Å². The Bertz CT molecular complexity index is 640. The summed E-state index contributed by atoms with van der Waals surface area (Å²) in [5.41, 5.74) is 8.77. The van der Waals surface area contributed by atoms with Crippen molar-refractivity contribution < 1.29 is 4.74 Å². The molecule has 0 fully saturated rings. The number of nitrogens with two attached hydrogens (primary N) is 1. The molecule has 0 radical (unpaired) electrons. The topological polar surface area (TPSA) is 53.1 Å². The van der Waals surface area contributed by atoms with Gasteiger partial charge in [-0.25, -0.2) is 0 Å². The predicted octanol–water partition coefficient (Wildman–Crippen LogP) is 3.61. The third kappa shape index (κ3) is 3.99. The average Bonchev–Trinajstić information content (AvgIpc) is 2.62. The van der Waals surface area contributed by atoms with Gasteiger partial charge >= 0.3 is 0 Å². The number of aromatic nitrogens is 2. The van der Waals surface area contributed by atoms with Crippen LogP contribution in [0.5, 0.6) is 5.75 Å². The van der Waals surface area contributed by atoms with Gasteiger partial charge in [0.2, 0.25) is 0 Å². The van der Waals surface area contributed by atoms with Gasteiger partial charge in [0.15, 0.2) is 0 Å². The van der Waals surface area contributed by atoms with E-state index in [-0.39, 0.29) is 6.04 Å². The number of ether oxygens (including phenoxy) is 1. The van der Waals surface area contributed by atoms with Gasteiger partial charge in [-0.15, -0.1) is 0 Å². The molecular weight excluding hydrogens is 354 g/mol. The quantitative estimate of drug-likeness (QED) is 0.872. The molecule has 2 aromatic rings. The van der Waals surface area contributed by atoms with E-state index in [0.29, 0.717) is 11.8 Å². The molecule has 0 saturated heterocycles. The fraction of sp³-hybridized carbons (Fsp3) is 0.400. The van der Waals surface area contributed by atoms with Crippen molar-refractivity contribution in [3.63, 3.8) is 0 Å². The minimum absolute atomic E-state index is 0.0744. The van der Waals surface area contributed by atoms with E-state index in [0.717, 1.165) is 33.5 Å². The first-order valence-electron chi connectivity index (χ1n) is 6.73. The van der Waals surface area contributed by atoms with Crippen LogP contribution in [0.15, 0.2) is 22.7 Å². The number of nitrogens with zero attached hydrogens (tertiary/aromatic N) is 2. The molecule has 1 atom stereocenters. The number of aryl methyl sites for hydroxylation is 2. The molecule has 0 aliphatic carbocycles. The number of benzene rings is 1. The first-order chi connectivity index (χ1) is 9.88. The summed E-state index contributed by atoms with van der Waals surface area (Å²) in [5, 5.41) is 4.89. The van der Waals surface area contributed by atoms with Crippen LogP contribution < -0.4 is 10.5 Å². The summed E-state index contributed by atoms with van der Waals surface area (Å²) in [6.07, 6.45) is 0.758. The molecular formula is C15H19BrClN3O. The van der Waals surface area contributed by atoms with Crippen molar-refractivity contribution in [1.82, 2.24) is 9.78 Å². The van der Waals surface area contributed by atoms with Crippen molar-refractivity contribution in [2.45, 2.75) is 32.9 Å². The molecule has 2 rings (SSSR count). The number of rotatable bonds is 5. The molecule has 2 N–H and O–H groups in total. The summed E-state index contributed by atoms with van der Waals surface area (Å²) >= 11 is 9.70. The van der Waals surface area contributed by atoms with E-state index in [1.54, 1.807) is 4.68 Å². The molecule has 1 aromatic heterocycles. The van der Waals surface area contributed by atoms with Crippen LogP contribution in [0.4, 0.5) is 0 Å². The molecule has 0 bridgehead atoms. The minimum Gasteiger partial charge on any atom is -0.488 e. The smallest absolute Gasteiger partial charge is 0.133 e. The molecule has 0 saturated carbocycles.